The maximum Gasteiger partial charge on any atom is 0.358 e. The topological polar surface area (TPSA) is 68.3 Å². The Morgan fingerprint density at radius 3 is 2.68 bits per heavy atom. The first-order valence-corrected chi connectivity index (χ1v) is 9.05. The number of aromatic nitrogens is 1. The highest BCUT2D eigenvalue weighted by molar-refractivity contribution is 7.20. The van der Waals surface area contributed by atoms with Crippen molar-refractivity contribution >= 4 is 34.6 Å². The van der Waals surface area contributed by atoms with E-state index in [2.05, 4.69) is 10.3 Å². The Morgan fingerprint density at radius 1 is 1.16 bits per heavy atom. The number of rotatable bonds is 6. The number of nitrogens with zero attached hydrogens (tertiary/aromatic N) is 1. The highest BCUT2D eigenvalue weighted by Gasteiger charge is 2.15. The Labute approximate surface area is 151 Å². The van der Waals surface area contributed by atoms with Gasteiger partial charge in [-0.3, -0.25) is 4.79 Å². The van der Waals surface area contributed by atoms with E-state index >= 15 is 0 Å². The molecule has 0 fully saturated rings. The molecule has 3 aromatic rings. The Bertz CT molecular complexity index is 860. The van der Waals surface area contributed by atoms with Crippen molar-refractivity contribution in [2.45, 2.75) is 6.54 Å². The lowest BCUT2D eigenvalue weighted by molar-refractivity contribution is -0.124. The van der Waals surface area contributed by atoms with Gasteiger partial charge in [0.2, 0.25) is 0 Å². The monoisotopic (exact) mass is 376 g/mol. The van der Waals surface area contributed by atoms with E-state index in [1.54, 1.807) is 17.5 Å². The number of hydrogen-bond donors (Lipinski definition) is 1. The van der Waals surface area contributed by atoms with Gasteiger partial charge >= 0.3 is 5.97 Å². The van der Waals surface area contributed by atoms with E-state index in [0.29, 0.717) is 0 Å². The highest BCUT2D eigenvalue weighted by Crippen LogP contribution is 2.27. The summed E-state index contributed by atoms with van der Waals surface area (Å²) >= 11 is 2.88. The van der Waals surface area contributed by atoms with Crippen molar-refractivity contribution in [1.82, 2.24) is 10.3 Å². The third-order valence-electron chi connectivity index (χ3n) is 3.18. The smallest absolute Gasteiger partial charge is 0.358 e. The molecule has 1 N–H and O–H groups in total. The van der Waals surface area contributed by atoms with Crippen molar-refractivity contribution in [3.05, 3.63) is 64.2 Å². The van der Waals surface area contributed by atoms with Crippen LogP contribution in [0.25, 0.3) is 9.88 Å². The average molecular weight is 376 g/mol. The van der Waals surface area contributed by atoms with Gasteiger partial charge in [-0.05, 0) is 29.1 Å². The van der Waals surface area contributed by atoms with Gasteiger partial charge in [0, 0.05) is 11.9 Å². The molecule has 0 bridgehead atoms. The van der Waals surface area contributed by atoms with Crippen LogP contribution in [0.1, 0.15) is 16.1 Å². The van der Waals surface area contributed by atoms with E-state index in [1.807, 2.05) is 17.5 Å². The lowest BCUT2D eigenvalue weighted by Gasteiger charge is -2.06. The van der Waals surface area contributed by atoms with Crippen molar-refractivity contribution in [1.29, 1.82) is 0 Å². The molecular weight excluding hydrogens is 363 g/mol. The number of amides is 1. The third-order valence-corrected chi connectivity index (χ3v) is 5.06. The van der Waals surface area contributed by atoms with Gasteiger partial charge in [-0.2, -0.15) is 0 Å². The summed E-state index contributed by atoms with van der Waals surface area (Å²) < 4.78 is 17.8. The van der Waals surface area contributed by atoms with Gasteiger partial charge in [-0.1, -0.05) is 18.2 Å². The Morgan fingerprint density at radius 2 is 1.96 bits per heavy atom. The Balaban J connectivity index is 1.47. The molecule has 2 heterocycles. The summed E-state index contributed by atoms with van der Waals surface area (Å²) in [4.78, 5) is 28.9. The summed E-state index contributed by atoms with van der Waals surface area (Å²) in [6.45, 7) is -0.165. The van der Waals surface area contributed by atoms with E-state index in [0.717, 1.165) is 15.4 Å². The fraction of sp³-hybridized carbons (Fsp3) is 0.118. The largest absolute Gasteiger partial charge is 0.451 e. The molecular formula is C17H13FN2O3S2. The lowest BCUT2D eigenvalue weighted by atomic mass is 10.2. The normalized spacial score (nSPS) is 10.4. The van der Waals surface area contributed by atoms with Crippen LogP contribution in [0.3, 0.4) is 0 Å². The van der Waals surface area contributed by atoms with Gasteiger partial charge < -0.3 is 10.1 Å². The molecule has 0 aliphatic rings. The molecule has 0 saturated heterocycles. The molecule has 1 amide bonds. The molecule has 0 spiro atoms. The number of thiazole rings is 1. The van der Waals surface area contributed by atoms with Crippen LogP contribution in [-0.2, 0) is 16.1 Å². The Kier molecular flexibility index (Phi) is 5.52. The van der Waals surface area contributed by atoms with Crippen molar-refractivity contribution in [2.24, 2.45) is 0 Å². The van der Waals surface area contributed by atoms with E-state index < -0.39 is 18.5 Å². The van der Waals surface area contributed by atoms with Crippen LogP contribution in [0.4, 0.5) is 4.39 Å². The number of hydrogen-bond acceptors (Lipinski definition) is 6. The second kappa shape index (κ2) is 8.00. The molecule has 2 aromatic heterocycles. The zero-order valence-electron chi connectivity index (χ0n) is 12.9. The predicted octanol–water partition coefficient (Wildman–Crippen LogP) is 3.48. The lowest BCUT2D eigenvalue weighted by Crippen LogP contribution is -2.28. The summed E-state index contributed by atoms with van der Waals surface area (Å²) in [6.07, 6.45) is 0. The summed E-state index contributed by atoms with van der Waals surface area (Å²) in [5, 5.41) is 6.87. The first kappa shape index (κ1) is 17.2. The van der Waals surface area contributed by atoms with Crippen molar-refractivity contribution in [3.63, 3.8) is 0 Å². The molecule has 25 heavy (non-hydrogen) atoms. The van der Waals surface area contributed by atoms with Crippen LogP contribution >= 0.6 is 22.7 Å². The molecule has 0 unspecified atom stereocenters. The van der Waals surface area contributed by atoms with Gasteiger partial charge in [-0.25, -0.2) is 14.2 Å². The number of halogens is 1. The number of nitrogens with one attached hydrogen (secondary N) is 1. The maximum absolute atomic E-state index is 12.8. The number of carbonyl (C=O) groups is 2. The van der Waals surface area contributed by atoms with Crippen LogP contribution in [0, 0.1) is 5.82 Å². The first-order chi connectivity index (χ1) is 12.1. The molecule has 3 rings (SSSR count). The first-order valence-electron chi connectivity index (χ1n) is 7.29. The van der Waals surface area contributed by atoms with Crippen LogP contribution in [0.15, 0.2) is 47.2 Å². The highest BCUT2D eigenvalue weighted by atomic mass is 32.1. The van der Waals surface area contributed by atoms with Crippen molar-refractivity contribution in [3.8, 4) is 9.88 Å². The van der Waals surface area contributed by atoms with Gasteiger partial charge in [0.1, 0.15) is 10.8 Å². The molecule has 0 atom stereocenters. The van der Waals surface area contributed by atoms with E-state index in [1.165, 1.54) is 34.8 Å². The van der Waals surface area contributed by atoms with Crippen molar-refractivity contribution in [2.75, 3.05) is 6.61 Å². The number of esters is 1. The van der Waals surface area contributed by atoms with Crippen LogP contribution < -0.4 is 5.32 Å². The van der Waals surface area contributed by atoms with Crippen LogP contribution in [0.5, 0.6) is 0 Å². The summed E-state index contributed by atoms with van der Waals surface area (Å²) in [6, 6.07) is 9.60. The Hall–Kier alpha value is -2.58. The average Bonchev–Trinajstić information content (AvgIpc) is 3.30. The number of thiophene rings is 1. The molecule has 0 aliphatic heterocycles. The minimum absolute atomic E-state index is 0.180. The van der Waals surface area contributed by atoms with Crippen LogP contribution in [-0.4, -0.2) is 23.5 Å². The van der Waals surface area contributed by atoms with E-state index in [-0.39, 0.29) is 18.1 Å². The summed E-state index contributed by atoms with van der Waals surface area (Å²) in [7, 11) is 0. The molecule has 0 aliphatic carbocycles. The molecule has 128 valence electrons. The minimum Gasteiger partial charge on any atom is -0.451 e. The summed E-state index contributed by atoms with van der Waals surface area (Å²) in [5.74, 6) is -1.42. The van der Waals surface area contributed by atoms with E-state index in [9.17, 15) is 14.0 Å². The molecule has 0 radical (unpaired) electrons. The standard InChI is InChI=1S/C17H13FN2O3S2/c18-12-5-3-11(4-6-12)8-19-15(21)9-23-17(22)13-10-25-16(20-13)14-2-1-7-24-14/h1-7,10H,8-9H2,(H,19,21). The van der Waals surface area contributed by atoms with Gasteiger partial charge in [0.15, 0.2) is 12.3 Å². The fourth-order valence-electron chi connectivity index (χ4n) is 1.94. The van der Waals surface area contributed by atoms with Crippen molar-refractivity contribution < 1.29 is 18.7 Å². The minimum atomic E-state index is -0.643. The van der Waals surface area contributed by atoms with Gasteiger partial charge in [-0.15, -0.1) is 22.7 Å². The zero-order valence-corrected chi connectivity index (χ0v) is 14.5. The maximum atomic E-state index is 12.8. The van der Waals surface area contributed by atoms with Gasteiger partial charge in [0.05, 0.1) is 4.88 Å². The number of ether oxygens (including phenoxy) is 1. The second-order valence-corrected chi connectivity index (χ2v) is 6.80. The molecule has 0 saturated carbocycles. The van der Waals surface area contributed by atoms with Crippen LogP contribution in [0.2, 0.25) is 0 Å². The fourth-order valence-corrected chi connectivity index (χ4v) is 3.54. The quantitative estimate of drug-likeness (QED) is 0.669. The van der Waals surface area contributed by atoms with Gasteiger partial charge in [0.25, 0.3) is 5.91 Å². The summed E-state index contributed by atoms with van der Waals surface area (Å²) in [5.41, 5.74) is 0.931. The third kappa shape index (κ3) is 4.71. The zero-order chi connectivity index (χ0) is 17.6. The SMILES string of the molecule is O=C(COC(=O)c1csc(-c2cccs2)n1)NCc1ccc(F)cc1. The predicted molar refractivity (Wildman–Crippen MR) is 94.0 cm³/mol. The molecule has 1 aromatic carbocycles. The molecule has 8 heteroatoms. The van der Waals surface area contributed by atoms with E-state index in [4.69, 9.17) is 4.74 Å². The number of carbonyl (C=O) groups excluding carboxylic acids is 2. The molecule has 5 nitrogen and oxygen atoms in total. The second-order valence-electron chi connectivity index (χ2n) is 4.99. The number of benzene rings is 1.